The molecule has 0 bridgehead atoms. The molecule has 2 rings (SSSR count). The second-order valence-electron chi connectivity index (χ2n) is 5.07. The molecule has 0 saturated heterocycles. The summed E-state index contributed by atoms with van der Waals surface area (Å²) >= 11 is -2.86. The molecule has 0 fully saturated rings. The zero-order chi connectivity index (χ0) is 13.8. The van der Waals surface area contributed by atoms with Crippen LogP contribution >= 0.6 is 0 Å². The monoisotopic (exact) mass is 339 g/mol. The predicted molar refractivity (Wildman–Crippen MR) is 83.6 cm³/mol. The molecular weight excluding hydrogens is 312 g/mol. The van der Waals surface area contributed by atoms with Crippen molar-refractivity contribution in [3.05, 3.63) is 60.7 Å². The molecule has 0 atom stereocenters. The van der Waals surface area contributed by atoms with Crippen molar-refractivity contribution in [2.75, 3.05) is 0 Å². The SMILES string of the molecule is C[CH2][Mo]([CH2]C)([CH2]C)([c]1ccccc1)[c]1ccccc1. The molecule has 0 saturated carbocycles. The third-order valence-electron chi connectivity index (χ3n) is 4.81. The summed E-state index contributed by atoms with van der Waals surface area (Å²) in [7, 11) is 0. The minimum atomic E-state index is -2.86. The van der Waals surface area contributed by atoms with Gasteiger partial charge >= 0.3 is 119 Å². The third kappa shape index (κ3) is 2.11. The first-order valence-electron chi connectivity index (χ1n) is 7.22. The fraction of sp³-hybridized carbons (Fsp3) is 0.333. The topological polar surface area (TPSA) is 0 Å². The second kappa shape index (κ2) is 5.63. The maximum absolute atomic E-state index is 2.86. The average Bonchev–Trinajstić information content (AvgIpc) is 2.53. The maximum atomic E-state index is 2.41. The van der Waals surface area contributed by atoms with Gasteiger partial charge in [-0.15, -0.1) is 0 Å². The van der Waals surface area contributed by atoms with Gasteiger partial charge in [0.1, 0.15) is 0 Å². The molecule has 0 N–H and O–H groups in total. The van der Waals surface area contributed by atoms with E-state index in [1.54, 1.807) is 7.91 Å². The quantitative estimate of drug-likeness (QED) is 0.697. The molecule has 0 amide bonds. The third-order valence-corrected chi connectivity index (χ3v) is 22.5. The molecule has 2 aromatic carbocycles. The van der Waals surface area contributed by atoms with Crippen LogP contribution in [0.5, 0.6) is 0 Å². The van der Waals surface area contributed by atoms with Crippen LogP contribution in [0.4, 0.5) is 0 Å². The van der Waals surface area contributed by atoms with Crippen LogP contribution in [0.25, 0.3) is 0 Å². The molecule has 0 aliphatic carbocycles. The van der Waals surface area contributed by atoms with E-state index in [4.69, 9.17) is 0 Å². The van der Waals surface area contributed by atoms with Crippen molar-refractivity contribution < 1.29 is 14.8 Å². The molecule has 0 radical (unpaired) electrons. The van der Waals surface area contributed by atoms with E-state index in [0.717, 1.165) is 0 Å². The van der Waals surface area contributed by atoms with Crippen LogP contribution in [0.15, 0.2) is 60.7 Å². The molecular formula is C18H25Mo. The van der Waals surface area contributed by atoms with Gasteiger partial charge in [-0.05, 0) is 0 Å². The van der Waals surface area contributed by atoms with E-state index in [2.05, 4.69) is 81.4 Å². The minimum absolute atomic E-state index is 1.32. The van der Waals surface area contributed by atoms with Crippen LogP contribution in [-0.2, 0) is 14.8 Å². The van der Waals surface area contributed by atoms with Crippen molar-refractivity contribution >= 4 is 7.91 Å². The van der Waals surface area contributed by atoms with Crippen molar-refractivity contribution in [3.8, 4) is 0 Å². The Balaban J connectivity index is 2.77. The Labute approximate surface area is 118 Å². The van der Waals surface area contributed by atoms with Gasteiger partial charge in [-0.3, -0.25) is 0 Å². The summed E-state index contributed by atoms with van der Waals surface area (Å²) in [6, 6.07) is 22.6. The summed E-state index contributed by atoms with van der Waals surface area (Å²) in [5, 5.41) is 0. The summed E-state index contributed by atoms with van der Waals surface area (Å²) in [6.45, 7) is 7.22. The number of hydrogen-bond acceptors (Lipinski definition) is 0. The van der Waals surface area contributed by atoms with Crippen LogP contribution in [0.3, 0.4) is 0 Å². The normalized spacial score (nSPS) is 13.7. The molecule has 0 aliphatic heterocycles. The molecule has 0 spiro atoms. The fourth-order valence-electron chi connectivity index (χ4n) is 3.30. The molecule has 19 heavy (non-hydrogen) atoms. The Morgan fingerprint density at radius 2 is 0.895 bits per heavy atom. The fourth-order valence-corrected chi connectivity index (χ4v) is 16.2. The second-order valence-corrected chi connectivity index (χ2v) is 19.4. The summed E-state index contributed by atoms with van der Waals surface area (Å²) < 4.78 is 3.28. The molecule has 0 aromatic heterocycles. The van der Waals surface area contributed by atoms with Gasteiger partial charge in [0.15, 0.2) is 0 Å². The Morgan fingerprint density at radius 1 is 0.579 bits per heavy atom. The van der Waals surface area contributed by atoms with Crippen LogP contribution in [0.2, 0.25) is 14.4 Å². The molecule has 0 aliphatic rings. The van der Waals surface area contributed by atoms with Crippen LogP contribution in [-0.4, -0.2) is 0 Å². The van der Waals surface area contributed by atoms with E-state index in [1.165, 1.54) is 14.4 Å². The van der Waals surface area contributed by atoms with Gasteiger partial charge in [-0.1, -0.05) is 0 Å². The zero-order valence-electron chi connectivity index (χ0n) is 12.3. The van der Waals surface area contributed by atoms with Gasteiger partial charge in [0.2, 0.25) is 0 Å². The van der Waals surface area contributed by atoms with Crippen molar-refractivity contribution in [1.29, 1.82) is 0 Å². The zero-order valence-corrected chi connectivity index (χ0v) is 14.3. The molecule has 1 heteroatoms. The summed E-state index contributed by atoms with van der Waals surface area (Å²) in [4.78, 5) is 3.96. The van der Waals surface area contributed by atoms with Crippen molar-refractivity contribution in [2.24, 2.45) is 0 Å². The van der Waals surface area contributed by atoms with E-state index < -0.39 is 14.8 Å². The molecule has 2 aromatic rings. The molecule has 0 unspecified atom stereocenters. The first kappa shape index (κ1) is 14.5. The first-order chi connectivity index (χ1) is 9.22. The van der Waals surface area contributed by atoms with Crippen LogP contribution in [0, 0.1) is 0 Å². The van der Waals surface area contributed by atoms with E-state index >= 15 is 0 Å². The number of rotatable bonds is 5. The van der Waals surface area contributed by atoms with Crippen molar-refractivity contribution in [3.63, 3.8) is 0 Å². The van der Waals surface area contributed by atoms with Gasteiger partial charge < -0.3 is 0 Å². The number of hydrogen-bond donors (Lipinski definition) is 0. The van der Waals surface area contributed by atoms with Crippen molar-refractivity contribution in [2.45, 2.75) is 35.2 Å². The number of benzene rings is 2. The van der Waals surface area contributed by atoms with E-state index in [0.29, 0.717) is 0 Å². The van der Waals surface area contributed by atoms with E-state index in [9.17, 15) is 0 Å². The summed E-state index contributed by atoms with van der Waals surface area (Å²) in [6.07, 6.45) is 0. The standard InChI is InChI=1S/2C6H5.3C2H5.Mo/c2*1-2-4-6-5-3-1;3*1-2;/h2*1-5H;3*1H2,2H3;. The van der Waals surface area contributed by atoms with Gasteiger partial charge in [0.25, 0.3) is 0 Å². The van der Waals surface area contributed by atoms with Crippen LogP contribution in [0.1, 0.15) is 20.8 Å². The van der Waals surface area contributed by atoms with E-state index in [1.807, 2.05) is 0 Å². The van der Waals surface area contributed by atoms with Crippen LogP contribution < -0.4 is 7.91 Å². The van der Waals surface area contributed by atoms with Gasteiger partial charge in [-0.25, -0.2) is 0 Å². The van der Waals surface area contributed by atoms with Gasteiger partial charge in [-0.2, -0.15) is 0 Å². The Morgan fingerprint density at radius 3 is 1.16 bits per heavy atom. The first-order valence-corrected chi connectivity index (χ1v) is 13.5. The molecule has 103 valence electrons. The molecule has 0 heterocycles. The Hall–Kier alpha value is -0.872. The predicted octanol–water partition coefficient (Wildman–Crippen LogP) is 4.64. The summed E-state index contributed by atoms with van der Waals surface area (Å²) in [5.74, 6) is 0. The summed E-state index contributed by atoms with van der Waals surface area (Å²) in [5.41, 5.74) is 0. The Bertz CT molecular complexity index is 457. The van der Waals surface area contributed by atoms with Crippen molar-refractivity contribution in [1.82, 2.24) is 0 Å². The molecule has 0 nitrogen and oxygen atoms in total. The average molecular weight is 337 g/mol. The Kier molecular flexibility index (Phi) is 4.31. The van der Waals surface area contributed by atoms with E-state index in [-0.39, 0.29) is 0 Å². The van der Waals surface area contributed by atoms with Gasteiger partial charge in [0, 0.05) is 0 Å². The van der Waals surface area contributed by atoms with Gasteiger partial charge in [0.05, 0.1) is 0 Å².